The molecule has 1 heterocycles. The first kappa shape index (κ1) is 21.1. The van der Waals surface area contributed by atoms with Crippen LogP contribution in [0, 0.1) is 5.92 Å². The van der Waals surface area contributed by atoms with Crippen LogP contribution >= 0.6 is 35.2 Å². The van der Waals surface area contributed by atoms with E-state index in [2.05, 4.69) is 45.4 Å². The third-order valence-electron chi connectivity index (χ3n) is 4.00. The number of hydrogen-bond donors (Lipinski definition) is 0. The van der Waals surface area contributed by atoms with Crippen molar-refractivity contribution in [3.05, 3.63) is 44.7 Å². The Morgan fingerprint density at radius 3 is 2.62 bits per heavy atom. The summed E-state index contributed by atoms with van der Waals surface area (Å²) in [6.07, 6.45) is 3.31. The predicted octanol–water partition coefficient (Wildman–Crippen LogP) is 5.83. The summed E-state index contributed by atoms with van der Waals surface area (Å²) in [5, 5.41) is 0.618. The second kappa shape index (κ2) is 8.68. The second-order valence-electron chi connectivity index (χ2n) is 7.77. The van der Waals surface area contributed by atoms with Crippen LogP contribution in [0.25, 0.3) is 0 Å². The number of benzene rings is 1. The van der Waals surface area contributed by atoms with Gasteiger partial charge in [0, 0.05) is 22.6 Å². The van der Waals surface area contributed by atoms with E-state index in [4.69, 9.17) is 33.5 Å². The molecule has 1 aromatic heterocycles. The van der Waals surface area contributed by atoms with Gasteiger partial charge in [-0.3, -0.25) is 0 Å². The third kappa shape index (κ3) is 5.41. The van der Waals surface area contributed by atoms with Crippen LogP contribution in [0.15, 0.2) is 29.4 Å². The Kier molecular flexibility index (Phi) is 7.05. The van der Waals surface area contributed by atoms with Gasteiger partial charge in [0.15, 0.2) is 4.80 Å². The summed E-state index contributed by atoms with van der Waals surface area (Å²) in [6, 6.07) is 5.42. The Bertz CT molecular complexity index is 844. The van der Waals surface area contributed by atoms with Gasteiger partial charge in [-0.25, -0.2) is 4.99 Å². The molecular weight excluding hydrogens is 384 g/mol. The highest BCUT2D eigenvalue weighted by molar-refractivity contribution is 7.80. The zero-order valence-corrected chi connectivity index (χ0v) is 18.7. The van der Waals surface area contributed by atoms with Gasteiger partial charge in [0.05, 0.1) is 12.7 Å². The molecule has 0 unspecified atom stereocenters. The molecule has 2 rings (SSSR count). The van der Waals surface area contributed by atoms with Crippen LogP contribution < -0.4 is 9.54 Å². The normalized spacial score (nSPS) is 12.7. The fraction of sp³-hybridized carbons (Fsp3) is 0.500. The van der Waals surface area contributed by atoms with Gasteiger partial charge < -0.3 is 9.30 Å². The van der Waals surface area contributed by atoms with E-state index in [0.29, 0.717) is 21.7 Å². The van der Waals surface area contributed by atoms with Crippen molar-refractivity contribution in [3.63, 3.8) is 0 Å². The maximum Gasteiger partial charge on any atom is 0.191 e. The van der Waals surface area contributed by atoms with E-state index in [1.54, 1.807) is 24.5 Å². The Balaban J connectivity index is 2.49. The molecule has 0 N–H and O–H groups in total. The predicted molar refractivity (Wildman–Crippen MR) is 116 cm³/mol. The Hall–Kier alpha value is -1.17. The number of halogens is 1. The van der Waals surface area contributed by atoms with Gasteiger partial charge in [0.25, 0.3) is 0 Å². The SMILES string of the molecule is COc1ccc(Cl)cc1C(=S)N=c1sc(C(C)(C)C)cn1CCC(C)C. The summed E-state index contributed by atoms with van der Waals surface area (Å²) < 4.78 is 7.64. The maximum absolute atomic E-state index is 6.14. The third-order valence-corrected chi connectivity index (χ3v) is 5.99. The quantitative estimate of drug-likeness (QED) is 0.579. The van der Waals surface area contributed by atoms with Crippen LogP contribution in [0.5, 0.6) is 5.75 Å². The highest BCUT2D eigenvalue weighted by atomic mass is 35.5. The van der Waals surface area contributed by atoms with Gasteiger partial charge in [-0.1, -0.05) is 58.4 Å². The molecule has 0 amide bonds. The number of ether oxygens (including phenoxy) is 1. The summed E-state index contributed by atoms with van der Waals surface area (Å²) in [5.41, 5.74) is 0.823. The number of nitrogens with zero attached hydrogens (tertiary/aromatic N) is 2. The standard InChI is InChI=1S/C20H27ClN2OS2/c1-13(2)9-10-23-12-17(20(3,4)5)26-19(23)22-18(25)15-11-14(21)7-8-16(15)24-6/h7-8,11-13H,9-10H2,1-6H3. The number of thiazole rings is 1. The Morgan fingerprint density at radius 2 is 2.04 bits per heavy atom. The number of rotatable bonds is 5. The van der Waals surface area contributed by atoms with Gasteiger partial charge in [-0.05, 0) is 36.0 Å². The lowest BCUT2D eigenvalue weighted by atomic mass is 9.95. The highest BCUT2D eigenvalue weighted by Gasteiger charge is 2.18. The fourth-order valence-electron chi connectivity index (χ4n) is 2.37. The smallest absolute Gasteiger partial charge is 0.191 e. The van der Waals surface area contributed by atoms with Crippen LogP contribution in [-0.2, 0) is 12.0 Å². The first-order chi connectivity index (χ1) is 12.1. The molecule has 0 saturated heterocycles. The van der Waals surface area contributed by atoms with E-state index < -0.39 is 0 Å². The minimum atomic E-state index is 0.0768. The molecule has 3 nitrogen and oxygen atoms in total. The summed E-state index contributed by atoms with van der Waals surface area (Å²) in [5.74, 6) is 1.32. The molecule has 0 fully saturated rings. The van der Waals surface area contributed by atoms with Crippen molar-refractivity contribution in [1.29, 1.82) is 0 Å². The lowest BCUT2D eigenvalue weighted by Gasteiger charge is -2.14. The molecule has 0 aliphatic heterocycles. The van der Waals surface area contributed by atoms with Crippen molar-refractivity contribution in [2.24, 2.45) is 10.9 Å². The monoisotopic (exact) mass is 410 g/mol. The van der Waals surface area contributed by atoms with E-state index in [1.165, 1.54) is 4.88 Å². The highest BCUT2D eigenvalue weighted by Crippen LogP contribution is 2.26. The number of hydrogen-bond acceptors (Lipinski definition) is 3. The van der Waals surface area contributed by atoms with Crippen molar-refractivity contribution >= 4 is 40.1 Å². The van der Waals surface area contributed by atoms with E-state index in [9.17, 15) is 0 Å². The lowest BCUT2D eigenvalue weighted by Crippen LogP contribution is -2.17. The summed E-state index contributed by atoms with van der Waals surface area (Å²) >= 11 is 13.4. The van der Waals surface area contributed by atoms with Crippen LogP contribution in [-0.4, -0.2) is 16.7 Å². The molecule has 26 heavy (non-hydrogen) atoms. The zero-order valence-electron chi connectivity index (χ0n) is 16.3. The largest absolute Gasteiger partial charge is 0.496 e. The van der Waals surface area contributed by atoms with Crippen molar-refractivity contribution in [2.45, 2.75) is 53.0 Å². The number of thiocarbonyl (C=S) groups is 1. The molecule has 0 aliphatic carbocycles. The van der Waals surface area contributed by atoms with Crippen molar-refractivity contribution in [3.8, 4) is 5.75 Å². The lowest BCUT2D eigenvalue weighted by molar-refractivity contribution is 0.414. The first-order valence-electron chi connectivity index (χ1n) is 8.75. The van der Waals surface area contributed by atoms with Crippen LogP contribution in [0.2, 0.25) is 5.02 Å². The van der Waals surface area contributed by atoms with Gasteiger partial charge >= 0.3 is 0 Å². The van der Waals surface area contributed by atoms with Gasteiger partial charge in [-0.15, -0.1) is 11.3 Å². The Morgan fingerprint density at radius 1 is 1.35 bits per heavy atom. The molecule has 0 bridgehead atoms. The summed E-state index contributed by atoms with van der Waals surface area (Å²) in [6.45, 7) is 12.0. The molecular formula is C20H27ClN2OS2. The van der Waals surface area contributed by atoms with Gasteiger partial charge in [0.1, 0.15) is 10.7 Å². The fourth-order valence-corrected chi connectivity index (χ4v) is 3.92. The summed E-state index contributed by atoms with van der Waals surface area (Å²) in [7, 11) is 1.63. The molecule has 1 aromatic carbocycles. The van der Waals surface area contributed by atoms with E-state index in [-0.39, 0.29) is 5.41 Å². The van der Waals surface area contributed by atoms with Crippen molar-refractivity contribution in [1.82, 2.24) is 4.57 Å². The maximum atomic E-state index is 6.14. The van der Waals surface area contributed by atoms with Gasteiger partial charge in [0.2, 0.25) is 0 Å². The molecule has 0 radical (unpaired) electrons. The topological polar surface area (TPSA) is 26.5 Å². The Labute approximate surface area is 170 Å². The first-order valence-corrected chi connectivity index (χ1v) is 10.4. The van der Waals surface area contributed by atoms with Crippen LogP contribution in [0.3, 0.4) is 0 Å². The van der Waals surface area contributed by atoms with Crippen LogP contribution in [0.4, 0.5) is 0 Å². The van der Waals surface area contributed by atoms with Crippen LogP contribution in [0.1, 0.15) is 51.5 Å². The van der Waals surface area contributed by atoms with Crippen molar-refractivity contribution in [2.75, 3.05) is 7.11 Å². The molecule has 2 aromatic rings. The number of methoxy groups -OCH3 is 1. The molecule has 6 heteroatoms. The minimum absolute atomic E-state index is 0.0768. The van der Waals surface area contributed by atoms with Gasteiger partial charge in [-0.2, -0.15) is 0 Å². The molecule has 142 valence electrons. The van der Waals surface area contributed by atoms with Crippen molar-refractivity contribution < 1.29 is 4.74 Å². The average molecular weight is 411 g/mol. The zero-order chi connectivity index (χ0) is 19.5. The molecule has 0 spiro atoms. The molecule has 0 atom stereocenters. The summed E-state index contributed by atoms with van der Waals surface area (Å²) in [4.78, 5) is 7.47. The van der Waals surface area contributed by atoms with E-state index >= 15 is 0 Å². The number of aryl methyl sites for hydroxylation is 1. The molecule has 0 aliphatic rings. The minimum Gasteiger partial charge on any atom is -0.496 e. The van der Waals surface area contributed by atoms with E-state index in [0.717, 1.165) is 23.3 Å². The molecule has 0 saturated carbocycles. The number of aromatic nitrogens is 1. The average Bonchev–Trinajstić information content (AvgIpc) is 2.96. The second-order valence-corrected chi connectivity index (χ2v) is 9.60. The van der Waals surface area contributed by atoms with E-state index in [1.807, 2.05) is 12.1 Å².